The monoisotopic (exact) mass is 290 g/mol. The van der Waals surface area contributed by atoms with Crippen LogP contribution in [0.3, 0.4) is 0 Å². The summed E-state index contributed by atoms with van der Waals surface area (Å²) in [6, 6.07) is 5.93. The van der Waals surface area contributed by atoms with Crippen molar-refractivity contribution in [3.63, 3.8) is 0 Å². The van der Waals surface area contributed by atoms with Gasteiger partial charge in [-0.1, -0.05) is 26.2 Å². The Morgan fingerprint density at radius 2 is 1.81 bits per heavy atom. The zero-order valence-electron chi connectivity index (χ0n) is 13.7. The van der Waals surface area contributed by atoms with Gasteiger partial charge in [0.2, 0.25) is 0 Å². The summed E-state index contributed by atoms with van der Waals surface area (Å²) in [4.78, 5) is 0. The number of nitrogens with two attached hydrogens (primary N) is 1. The fourth-order valence-corrected chi connectivity index (χ4v) is 3.17. The zero-order chi connectivity index (χ0) is 15.2. The summed E-state index contributed by atoms with van der Waals surface area (Å²) in [5.41, 5.74) is 7.79. The molecule has 1 aromatic rings. The lowest BCUT2D eigenvalue weighted by atomic mass is 9.81. The molecule has 0 bridgehead atoms. The number of hydrogen-bond acceptors (Lipinski definition) is 3. The van der Waals surface area contributed by atoms with Crippen molar-refractivity contribution in [1.29, 1.82) is 0 Å². The highest BCUT2D eigenvalue weighted by Crippen LogP contribution is 2.31. The van der Waals surface area contributed by atoms with Crippen LogP contribution in [0.4, 0.5) is 11.4 Å². The molecule has 3 heteroatoms. The smallest absolute Gasteiger partial charge is 0.123 e. The largest absolute Gasteiger partial charge is 0.491 e. The van der Waals surface area contributed by atoms with Crippen molar-refractivity contribution in [3.8, 4) is 5.75 Å². The molecule has 0 radical (unpaired) electrons. The summed E-state index contributed by atoms with van der Waals surface area (Å²) in [5, 5.41) is 3.54. The Hall–Kier alpha value is -1.38. The average molecular weight is 290 g/mol. The summed E-state index contributed by atoms with van der Waals surface area (Å²) >= 11 is 0. The summed E-state index contributed by atoms with van der Waals surface area (Å²) in [6.07, 6.45) is 6.99. The van der Waals surface area contributed by atoms with Gasteiger partial charge >= 0.3 is 0 Å². The van der Waals surface area contributed by atoms with Crippen LogP contribution >= 0.6 is 0 Å². The lowest BCUT2D eigenvalue weighted by Crippen LogP contribution is -2.21. The van der Waals surface area contributed by atoms with E-state index in [9.17, 15) is 0 Å². The molecule has 0 spiro atoms. The van der Waals surface area contributed by atoms with E-state index in [1.807, 2.05) is 32.0 Å². The van der Waals surface area contributed by atoms with Gasteiger partial charge in [-0.3, -0.25) is 0 Å². The Morgan fingerprint density at radius 3 is 2.43 bits per heavy atom. The number of hydrogen-bond donors (Lipinski definition) is 2. The first-order valence-electron chi connectivity index (χ1n) is 8.38. The highest BCUT2D eigenvalue weighted by molar-refractivity contribution is 5.59. The Morgan fingerprint density at radius 1 is 1.14 bits per heavy atom. The van der Waals surface area contributed by atoms with Crippen molar-refractivity contribution in [2.75, 3.05) is 17.6 Å². The normalized spacial score (nSPS) is 22.3. The predicted molar refractivity (Wildman–Crippen MR) is 90.8 cm³/mol. The first-order chi connectivity index (χ1) is 10.1. The summed E-state index contributed by atoms with van der Waals surface area (Å²) < 4.78 is 5.74. The number of nitrogen functional groups attached to an aromatic ring is 1. The van der Waals surface area contributed by atoms with Gasteiger partial charge in [0.15, 0.2) is 0 Å². The third-order valence-corrected chi connectivity index (χ3v) is 4.44. The minimum absolute atomic E-state index is 0.170. The van der Waals surface area contributed by atoms with E-state index in [-0.39, 0.29) is 6.10 Å². The fraction of sp³-hybridized carbons (Fsp3) is 0.667. The molecule has 1 fully saturated rings. The molecule has 0 atom stereocenters. The first-order valence-corrected chi connectivity index (χ1v) is 8.38. The molecule has 2 rings (SSSR count). The number of benzene rings is 1. The van der Waals surface area contributed by atoms with Crippen molar-refractivity contribution >= 4 is 11.4 Å². The molecule has 118 valence electrons. The van der Waals surface area contributed by atoms with Gasteiger partial charge in [-0.2, -0.15) is 0 Å². The van der Waals surface area contributed by atoms with E-state index in [0.717, 1.165) is 35.5 Å². The molecule has 0 aliphatic heterocycles. The lowest BCUT2D eigenvalue weighted by molar-refractivity contribution is 0.242. The molecule has 0 saturated heterocycles. The quantitative estimate of drug-likeness (QED) is 0.747. The molecule has 3 nitrogen and oxygen atoms in total. The molecular formula is C18H30N2O. The Bertz CT molecular complexity index is 437. The lowest BCUT2D eigenvalue weighted by Gasteiger charge is -2.28. The minimum Gasteiger partial charge on any atom is -0.491 e. The van der Waals surface area contributed by atoms with Gasteiger partial charge in [0, 0.05) is 30.1 Å². The zero-order valence-corrected chi connectivity index (χ0v) is 13.7. The number of anilines is 2. The maximum absolute atomic E-state index is 5.96. The number of rotatable bonds is 6. The average Bonchev–Trinajstić information content (AvgIpc) is 2.44. The van der Waals surface area contributed by atoms with E-state index in [0.29, 0.717) is 0 Å². The SMILES string of the molecule is CCC1CCC(CNc2cc(N)cc(OC(C)C)c2)CC1. The first kappa shape index (κ1) is 16.0. The molecule has 21 heavy (non-hydrogen) atoms. The second-order valence-corrected chi connectivity index (χ2v) is 6.63. The molecule has 0 amide bonds. The van der Waals surface area contributed by atoms with Crippen LogP contribution in [0.25, 0.3) is 0 Å². The fourth-order valence-electron chi connectivity index (χ4n) is 3.17. The second kappa shape index (κ2) is 7.58. The van der Waals surface area contributed by atoms with E-state index >= 15 is 0 Å². The summed E-state index contributed by atoms with van der Waals surface area (Å²) in [5.74, 6) is 2.60. The molecule has 3 N–H and O–H groups in total. The topological polar surface area (TPSA) is 47.3 Å². The minimum atomic E-state index is 0.170. The number of nitrogens with one attached hydrogen (secondary N) is 1. The van der Waals surface area contributed by atoms with Crippen molar-refractivity contribution in [3.05, 3.63) is 18.2 Å². The Labute approximate surface area is 129 Å². The standard InChI is InChI=1S/C18H30N2O/c1-4-14-5-7-15(8-6-14)12-20-17-9-16(19)10-18(11-17)21-13(2)3/h9-11,13-15,20H,4-8,12,19H2,1-3H3. The van der Waals surface area contributed by atoms with Gasteiger partial charge in [0.05, 0.1) is 6.10 Å². The van der Waals surface area contributed by atoms with Crippen LogP contribution in [0.15, 0.2) is 18.2 Å². The maximum Gasteiger partial charge on any atom is 0.123 e. The molecule has 0 aromatic heterocycles. The van der Waals surface area contributed by atoms with Crippen LogP contribution in [0.1, 0.15) is 52.9 Å². The van der Waals surface area contributed by atoms with E-state index in [1.54, 1.807) is 0 Å². The van der Waals surface area contributed by atoms with Crippen LogP contribution < -0.4 is 15.8 Å². The third kappa shape index (κ3) is 5.14. The Balaban J connectivity index is 1.86. The van der Waals surface area contributed by atoms with Crippen LogP contribution in [0.5, 0.6) is 5.75 Å². The van der Waals surface area contributed by atoms with E-state index in [1.165, 1.54) is 32.1 Å². The highest BCUT2D eigenvalue weighted by Gasteiger charge is 2.19. The summed E-state index contributed by atoms with van der Waals surface area (Å²) in [6.45, 7) is 7.41. The van der Waals surface area contributed by atoms with Crippen LogP contribution in [0, 0.1) is 11.8 Å². The van der Waals surface area contributed by atoms with Gasteiger partial charge in [-0.05, 0) is 44.6 Å². The van der Waals surface area contributed by atoms with Crippen LogP contribution in [-0.4, -0.2) is 12.6 Å². The molecule has 0 heterocycles. The van der Waals surface area contributed by atoms with Crippen LogP contribution in [0.2, 0.25) is 0 Å². The molecule has 1 aliphatic carbocycles. The Kier molecular flexibility index (Phi) is 5.77. The molecular weight excluding hydrogens is 260 g/mol. The number of ether oxygens (including phenoxy) is 1. The highest BCUT2D eigenvalue weighted by atomic mass is 16.5. The molecule has 1 aromatic carbocycles. The summed E-state index contributed by atoms with van der Waals surface area (Å²) in [7, 11) is 0. The molecule has 1 saturated carbocycles. The van der Waals surface area contributed by atoms with E-state index in [2.05, 4.69) is 12.2 Å². The van der Waals surface area contributed by atoms with Crippen molar-refractivity contribution in [2.45, 2.75) is 59.0 Å². The van der Waals surface area contributed by atoms with Gasteiger partial charge < -0.3 is 15.8 Å². The van der Waals surface area contributed by atoms with Crippen molar-refractivity contribution in [1.82, 2.24) is 0 Å². The van der Waals surface area contributed by atoms with Gasteiger partial charge in [0.25, 0.3) is 0 Å². The third-order valence-electron chi connectivity index (χ3n) is 4.44. The van der Waals surface area contributed by atoms with Crippen molar-refractivity contribution in [2.24, 2.45) is 11.8 Å². The maximum atomic E-state index is 5.96. The van der Waals surface area contributed by atoms with Crippen LogP contribution in [-0.2, 0) is 0 Å². The van der Waals surface area contributed by atoms with E-state index < -0.39 is 0 Å². The molecule has 0 unspecified atom stereocenters. The van der Waals surface area contributed by atoms with Gasteiger partial charge in [-0.25, -0.2) is 0 Å². The van der Waals surface area contributed by atoms with Crippen molar-refractivity contribution < 1.29 is 4.74 Å². The predicted octanol–water partition coefficient (Wildman–Crippen LogP) is 4.68. The van der Waals surface area contributed by atoms with Gasteiger partial charge in [-0.15, -0.1) is 0 Å². The molecule has 1 aliphatic rings. The van der Waals surface area contributed by atoms with E-state index in [4.69, 9.17) is 10.5 Å². The second-order valence-electron chi connectivity index (χ2n) is 6.63. The van der Waals surface area contributed by atoms with Gasteiger partial charge in [0.1, 0.15) is 5.75 Å².